The van der Waals surface area contributed by atoms with E-state index in [-0.39, 0.29) is 6.04 Å². The first-order valence-corrected chi connectivity index (χ1v) is 9.42. The fourth-order valence-electron chi connectivity index (χ4n) is 2.38. The van der Waals surface area contributed by atoms with Crippen LogP contribution in [0.15, 0.2) is 53.7 Å². The van der Waals surface area contributed by atoms with Gasteiger partial charge in [0.15, 0.2) is 0 Å². The number of nitrogens with one attached hydrogen (secondary N) is 2. The molecular formula is C18H25N3O2S. The first-order chi connectivity index (χ1) is 11.2. The maximum Gasteiger partial charge on any atom is 0.241 e. The van der Waals surface area contributed by atoms with E-state index in [2.05, 4.69) is 15.0 Å². The Kier molecular flexibility index (Phi) is 5.74. The lowest BCUT2D eigenvalue weighted by Crippen LogP contribution is -2.41. The average molecular weight is 347 g/mol. The molecule has 1 heterocycles. The highest BCUT2D eigenvalue weighted by molar-refractivity contribution is 7.89. The van der Waals surface area contributed by atoms with Gasteiger partial charge in [-0.2, -0.15) is 0 Å². The third-order valence-corrected chi connectivity index (χ3v) is 5.34. The largest absolute Gasteiger partial charge is 0.306 e. The molecule has 0 spiro atoms. The van der Waals surface area contributed by atoms with Crippen LogP contribution in [0.1, 0.15) is 44.9 Å². The van der Waals surface area contributed by atoms with Crippen molar-refractivity contribution in [2.75, 3.05) is 0 Å². The van der Waals surface area contributed by atoms with Crippen molar-refractivity contribution in [2.45, 2.75) is 50.7 Å². The molecule has 0 aliphatic heterocycles. The van der Waals surface area contributed by atoms with Crippen LogP contribution in [0.2, 0.25) is 0 Å². The van der Waals surface area contributed by atoms with E-state index in [1.54, 1.807) is 18.3 Å². The SMILES string of the molecule is C[C@H](NCc1ccccc1S(=O)(=O)NC(C)(C)C)c1cccnc1. The van der Waals surface area contributed by atoms with Gasteiger partial charge in [0.25, 0.3) is 0 Å². The van der Waals surface area contributed by atoms with Crippen molar-refractivity contribution in [3.05, 3.63) is 59.9 Å². The molecule has 5 nitrogen and oxygen atoms in total. The summed E-state index contributed by atoms with van der Waals surface area (Å²) in [5.74, 6) is 0. The van der Waals surface area contributed by atoms with E-state index in [4.69, 9.17) is 0 Å². The number of sulfonamides is 1. The van der Waals surface area contributed by atoms with Gasteiger partial charge < -0.3 is 5.32 Å². The quantitative estimate of drug-likeness (QED) is 0.843. The Hall–Kier alpha value is -1.76. The highest BCUT2D eigenvalue weighted by Gasteiger charge is 2.24. The van der Waals surface area contributed by atoms with Crippen molar-refractivity contribution in [2.24, 2.45) is 0 Å². The first kappa shape index (κ1) is 18.6. The molecule has 1 aromatic heterocycles. The molecule has 6 heteroatoms. The van der Waals surface area contributed by atoms with E-state index < -0.39 is 15.6 Å². The van der Waals surface area contributed by atoms with E-state index in [9.17, 15) is 8.42 Å². The van der Waals surface area contributed by atoms with Gasteiger partial charge >= 0.3 is 0 Å². The molecule has 0 aliphatic carbocycles. The minimum atomic E-state index is -3.56. The number of aromatic nitrogens is 1. The van der Waals surface area contributed by atoms with Gasteiger partial charge in [0.05, 0.1) is 4.90 Å². The van der Waals surface area contributed by atoms with Gasteiger partial charge in [-0.05, 0) is 51.0 Å². The summed E-state index contributed by atoms with van der Waals surface area (Å²) in [5, 5.41) is 3.36. The van der Waals surface area contributed by atoms with E-state index in [0.29, 0.717) is 11.4 Å². The molecule has 1 aromatic carbocycles. The fraction of sp³-hybridized carbons (Fsp3) is 0.389. The van der Waals surface area contributed by atoms with Gasteiger partial charge in [-0.25, -0.2) is 13.1 Å². The molecule has 0 amide bonds. The van der Waals surface area contributed by atoms with Gasteiger partial charge in [-0.3, -0.25) is 4.98 Å². The van der Waals surface area contributed by atoms with Crippen LogP contribution < -0.4 is 10.0 Å². The summed E-state index contributed by atoms with van der Waals surface area (Å²) in [6.45, 7) is 7.97. The molecule has 0 fully saturated rings. The van der Waals surface area contributed by atoms with Gasteiger partial charge in [0.2, 0.25) is 10.0 Å². The standard InChI is InChI=1S/C18H25N3O2S/c1-14(15-9-7-11-19-12-15)20-13-16-8-5-6-10-17(16)24(22,23)21-18(2,3)4/h5-12,14,20-21H,13H2,1-4H3/t14-/m0/s1. The van der Waals surface area contributed by atoms with Gasteiger partial charge in [0, 0.05) is 30.5 Å². The summed E-state index contributed by atoms with van der Waals surface area (Å²) in [7, 11) is -3.56. The van der Waals surface area contributed by atoms with Crippen LogP contribution in [0.4, 0.5) is 0 Å². The molecule has 0 aliphatic rings. The van der Waals surface area contributed by atoms with Crippen LogP contribution in [0, 0.1) is 0 Å². The maximum atomic E-state index is 12.6. The monoisotopic (exact) mass is 347 g/mol. The van der Waals surface area contributed by atoms with Crippen molar-refractivity contribution in [1.29, 1.82) is 0 Å². The van der Waals surface area contributed by atoms with E-state index in [0.717, 1.165) is 11.1 Å². The number of hydrogen-bond acceptors (Lipinski definition) is 4. The molecule has 0 bridgehead atoms. The normalized spacial score (nSPS) is 13.7. The van der Waals surface area contributed by atoms with Crippen LogP contribution in [-0.4, -0.2) is 18.9 Å². The van der Waals surface area contributed by atoms with Crippen LogP contribution >= 0.6 is 0 Å². The lowest BCUT2D eigenvalue weighted by Gasteiger charge is -2.22. The van der Waals surface area contributed by atoms with Crippen LogP contribution in [-0.2, 0) is 16.6 Å². The number of rotatable bonds is 6. The first-order valence-electron chi connectivity index (χ1n) is 7.94. The lowest BCUT2D eigenvalue weighted by atomic mass is 10.1. The molecular weight excluding hydrogens is 322 g/mol. The number of pyridine rings is 1. The Morgan fingerprint density at radius 2 is 1.83 bits per heavy atom. The predicted molar refractivity (Wildman–Crippen MR) is 96.0 cm³/mol. The zero-order valence-corrected chi connectivity index (χ0v) is 15.4. The van der Waals surface area contributed by atoms with Crippen molar-refractivity contribution < 1.29 is 8.42 Å². The van der Waals surface area contributed by atoms with Gasteiger partial charge in [-0.15, -0.1) is 0 Å². The molecule has 2 N–H and O–H groups in total. The van der Waals surface area contributed by atoms with Crippen LogP contribution in [0.3, 0.4) is 0 Å². The highest BCUT2D eigenvalue weighted by Crippen LogP contribution is 2.19. The minimum Gasteiger partial charge on any atom is -0.306 e. The molecule has 0 saturated carbocycles. The highest BCUT2D eigenvalue weighted by atomic mass is 32.2. The summed E-state index contributed by atoms with van der Waals surface area (Å²) >= 11 is 0. The molecule has 130 valence electrons. The third-order valence-electron chi connectivity index (χ3n) is 3.49. The summed E-state index contributed by atoms with van der Waals surface area (Å²) in [6.07, 6.45) is 3.54. The molecule has 0 saturated heterocycles. The summed E-state index contributed by atoms with van der Waals surface area (Å²) in [4.78, 5) is 4.42. The van der Waals surface area contributed by atoms with Gasteiger partial charge in [-0.1, -0.05) is 24.3 Å². The smallest absolute Gasteiger partial charge is 0.241 e. The molecule has 2 rings (SSSR count). The summed E-state index contributed by atoms with van der Waals surface area (Å²) in [6, 6.07) is 11.0. The zero-order valence-electron chi connectivity index (χ0n) is 14.6. The Labute approximate surface area is 144 Å². The predicted octanol–water partition coefficient (Wildman–Crippen LogP) is 3.01. The number of nitrogens with zero attached hydrogens (tertiary/aromatic N) is 1. The molecule has 24 heavy (non-hydrogen) atoms. The fourth-order valence-corrected chi connectivity index (χ4v) is 4.04. The van der Waals surface area contributed by atoms with Crippen molar-refractivity contribution in [3.8, 4) is 0 Å². The van der Waals surface area contributed by atoms with Crippen molar-refractivity contribution in [3.63, 3.8) is 0 Å². The maximum absolute atomic E-state index is 12.6. The second kappa shape index (κ2) is 7.42. The zero-order chi connectivity index (χ0) is 17.8. The number of benzene rings is 1. The Bertz CT molecular complexity index is 768. The van der Waals surface area contributed by atoms with Gasteiger partial charge in [0.1, 0.15) is 0 Å². The molecule has 0 unspecified atom stereocenters. The lowest BCUT2D eigenvalue weighted by molar-refractivity contribution is 0.490. The second-order valence-corrected chi connectivity index (χ2v) is 8.50. The van der Waals surface area contributed by atoms with E-state index in [1.807, 2.05) is 58.2 Å². The molecule has 0 radical (unpaired) electrons. The third kappa shape index (κ3) is 5.12. The molecule has 2 aromatic rings. The van der Waals surface area contributed by atoms with Crippen LogP contribution in [0.5, 0.6) is 0 Å². The van der Waals surface area contributed by atoms with Crippen molar-refractivity contribution >= 4 is 10.0 Å². The second-order valence-electron chi connectivity index (χ2n) is 6.85. The molecule has 1 atom stereocenters. The topological polar surface area (TPSA) is 71.1 Å². The van der Waals surface area contributed by atoms with E-state index >= 15 is 0 Å². The minimum absolute atomic E-state index is 0.0741. The Balaban J connectivity index is 2.18. The summed E-state index contributed by atoms with van der Waals surface area (Å²) in [5.41, 5.74) is 1.28. The number of hydrogen-bond donors (Lipinski definition) is 2. The average Bonchev–Trinajstić information content (AvgIpc) is 2.51. The summed E-state index contributed by atoms with van der Waals surface area (Å²) < 4.78 is 28.0. The Morgan fingerprint density at radius 1 is 1.12 bits per heavy atom. The van der Waals surface area contributed by atoms with Crippen molar-refractivity contribution in [1.82, 2.24) is 15.0 Å². The van der Waals surface area contributed by atoms with Crippen LogP contribution in [0.25, 0.3) is 0 Å². The van der Waals surface area contributed by atoms with E-state index in [1.165, 1.54) is 0 Å². The Morgan fingerprint density at radius 3 is 2.46 bits per heavy atom.